The Balaban J connectivity index is 1.63. The van der Waals surface area contributed by atoms with Crippen LogP contribution in [0.15, 0.2) is 72.7 Å². The number of rotatable bonds is 2. The summed E-state index contributed by atoms with van der Waals surface area (Å²) in [7, 11) is 0. The van der Waals surface area contributed by atoms with Crippen molar-refractivity contribution in [1.82, 2.24) is 4.90 Å². The maximum absolute atomic E-state index is 6.28. The van der Waals surface area contributed by atoms with Crippen LogP contribution in [0.5, 0.6) is 0 Å². The highest BCUT2D eigenvalue weighted by atomic mass is 16.7. The molecule has 0 saturated carbocycles. The number of benzene rings is 2. The summed E-state index contributed by atoms with van der Waals surface area (Å²) in [5, 5.41) is 0. The van der Waals surface area contributed by atoms with E-state index in [2.05, 4.69) is 86.5 Å². The molecule has 148 valence electrons. The minimum Gasteiger partial charge on any atom is -0.467 e. The molecule has 3 heterocycles. The van der Waals surface area contributed by atoms with E-state index < -0.39 is 0 Å². The van der Waals surface area contributed by atoms with Gasteiger partial charge in [-0.2, -0.15) is 0 Å². The van der Waals surface area contributed by atoms with Crippen molar-refractivity contribution in [1.29, 1.82) is 0 Å². The van der Waals surface area contributed by atoms with E-state index in [0.29, 0.717) is 0 Å². The molecule has 0 fully saturated rings. The number of aryl methyl sites for hydroxylation is 2. The third-order valence-corrected chi connectivity index (χ3v) is 6.05. The van der Waals surface area contributed by atoms with Crippen LogP contribution in [0.2, 0.25) is 0 Å². The van der Waals surface area contributed by atoms with E-state index in [-0.39, 0.29) is 24.5 Å². The fourth-order valence-electron chi connectivity index (χ4n) is 4.95. The highest BCUT2D eigenvalue weighted by molar-refractivity contribution is 5.75. The predicted octanol–water partition coefficient (Wildman–Crippen LogP) is 5.98. The summed E-state index contributed by atoms with van der Waals surface area (Å²) in [6.45, 7) is 8.47. The van der Waals surface area contributed by atoms with Gasteiger partial charge in [0.05, 0.1) is 17.9 Å². The molecule has 3 aliphatic rings. The predicted molar refractivity (Wildman–Crippen MR) is 116 cm³/mol. The summed E-state index contributed by atoms with van der Waals surface area (Å²) in [6.07, 6.45) is 8.59. The summed E-state index contributed by atoms with van der Waals surface area (Å²) in [5.41, 5.74) is 7.73. The van der Waals surface area contributed by atoms with Gasteiger partial charge in [0.2, 0.25) is 6.29 Å². The molecule has 29 heavy (non-hydrogen) atoms. The second kappa shape index (κ2) is 6.93. The maximum atomic E-state index is 6.28. The summed E-state index contributed by atoms with van der Waals surface area (Å²) >= 11 is 0. The first-order valence-electron chi connectivity index (χ1n) is 10.4. The average molecular weight is 386 g/mol. The zero-order valence-corrected chi connectivity index (χ0v) is 17.4. The van der Waals surface area contributed by atoms with Gasteiger partial charge < -0.3 is 14.4 Å². The normalized spacial score (nSPS) is 27.7. The second-order valence-electron chi connectivity index (χ2n) is 8.34. The van der Waals surface area contributed by atoms with Gasteiger partial charge in [-0.15, -0.1) is 0 Å². The third kappa shape index (κ3) is 3.10. The van der Waals surface area contributed by atoms with Gasteiger partial charge in [-0.25, -0.2) is 0 Å². The van der Waals surface area contributed by atoms with Gasteiger partial charge in [-0.05, 0) is 61.6 Å². The van der Waals surface area contributed by atoms with Gasteiger partial charge in [0.1, 0.15) is 6.04 Å². The highest BCUT2D eigenvalue weighted by Crippen LogP contribution is 2.50. The lowest BCUT2D eigenvalue weighted by molar-refractivity contribution is -0.181. The quantitative estimate of drug-likeness (QED) is 0.635. The van der Waals surface area contributed by atoms with Crippen LogP contribution in [-0.4, -0.2) is 17.3 Å². The van der Waals surface area contributed by atoms with Crippen LogP contribution in [-0.2, 0) is 9.47 Å². The fourth-order valence-corrected chi connectivity index (χ4v) is 4.95. The lowest BCUT2D eigenvalue weighted by Crippen LogP contribution is -2.38. The number of hydrogen-bond acceptors (Lipinski definition) is 3. The molecule has 3 nitrogen and oxygen atoms in total. The Labute approximate surface area is 172 Å². The molecule has 2 aromatic carbocycles. The van der Waals surface area contributed by atoms with E-state index in [1.165, 1.54) is 33.4 Å². The number of nitrogens with zero attached hydrogens (tertiary/aromatic N) is 1. The van der Waals surface area contributed by atoms with Crippen molar-refractivity contribution in [3.8, 4) is 0 Å². The molecule has 2 aromatic rings. The molecule has 3 unspecified atom stereocenters. The molecule has 0 radical (unpaired) electrons. The first-order chi connectivity index (χ1) is 14.0. The van der Waals surface area contributed by atoms with Crippen molar-refractivity contribution in [2.75, 3.05) is 0 Å². The van der Waals surface area contributed by atoms with Crippen molar-refractivity contribution in [3.05, 3.63) is 100 Å². The largest absolute Gasteiger partial charge is 0.467 e. The number of hydrogen-bond donors (Lipinski definition) is 0. The Morgan fingerprint density at radius 3 is 2.55 bits per heavy atom. The van der Waals surface area contributed by atoms with Crippen LogP contribution < -0.4 is 0 Å². The van der Waals surface area contributed by atoms with Crippen molar-refractivity contribution in [2.24, 2.45) is 0 Å². The van der Waals surface area contributed by atoms with Crippen molar-refractivity contribution < 1.29 is 9.47 Å². The lowest BCUT2D eigenvalue weighted by Gasteiger charge is -2.38. The summed E-state index contributed by atoms with van der Waals surface area (Å²) in [5.74, 6) is 0.934. The van der Waals surface area contributed by atoms with Crippen LogP contribution >= 0.6 is 0 Å². The molecule has 0 spiro atoms. The average Bonchev–Trinajstić information content (AvgIpc) is 3.02. The second-order valence-corrected chi connectivity index (χ2v) is 8.34. The number of ether oxygens (including phenoxy) is 2. The van der Waals surface area contributed by atoms with Crippen molar-refractivity contribution >= 4 is 5.57 Å². The Hall–Kier alpha value is -2.78. The standard InChI is InChI=1S/C26H27NO2/c1-16-12-17(2)24-22(13-16)23-11-10-21(20-8-6-5-7-9-20)15-27(23)25(24)26-28-18(3)14-19(4)29-26/h5-15,18,23,25-26H,1-4H3/t18?,23?,25-,26?/m0/s1. The molecule has 5 rings (SSSR count). The SMILES string of the molecule is CC1=CC(C)OC([C@@H]2c3c(C)cc(C)cc3C3C=CC(c4ccccc4)=CN32)O1. The van der Waals surface area contributed by atoms with Gasteiger partial charge >= 0.3 is 0 Å². The Morgan fingerprint density at radius 2 is 1.79 bits per heavy atom. The lowest BCUT2D eigenvalue weighted by atomic mass is 9.93. The van der Waals surface area contributed by atoms with Gasteiger partial charge in [-0.1, -0.05) is 60.2 Å². The maximum Gasteiger partial charge on any atom is 0.224 e. The van der Waals surface area contributed by atoms with Crippen LogP contribution in [0.1, 0.15) is 53.7 Å². The van der Waals surface area contributed by atoms with Crippen molar-refractivity contribution in [2.45, 2.75) is 52.2 Å². The molecule has 4 atom stereocenters. The van der Waals surface area contributed by atoms with E-state index in [9.17, 15) is 0 Å². The first-order valence-corrected chi connectivity index (χ1v) is 10.4. The van der Waals surface area contributed by atoms with E-state index in [4.69, 9.17) is 9.47 Å². The van der Waals surface area contributed by atoms with Gasteiger partial charge in [-0.3, -0.25) is 0 Å². The van der Waals surface area contributed by atoms with E-state index in [1.807, 2.05) is 13.0 Å². The molecule has 3 aliphatic heterocycles. The number of allylic oxidation sites excluding steroid dienone is 3. The number of fused-ring (bicyclic) bond motifs is 3. The Bertz CT molecular complexity index is 1030. The van der Waals surface area contributed by atoms with Gasteiger partial charge in [0, 0.05) is 6.20 Å². The van der Waals surface area contributed by atoms with Gasteiger partial charge in [0.25, 0.3) is 0 Å². The molecular formula is C26H27NO2. The van der Waals surface area contributed by atoms with E-state index >= 15 is 0 Å². The molecular weight excluding hydrogens is 358 g/mol. The highest BCUT2D eigenvalue weighted by Gasteiger charge is 2.45. The fraction of sp³-hybridized carbons (Fsp3) is 0.308. The topological polar surface area (TPSA) is 21.7 Å². The third-order valence-electron chi connectivity index (χ3n) is 6.05. The van der Waals surface area contributed by atoms with Crippen LogP contribution in [0, 0.1) is 13.8 Å². The summed E-state index contributed by atoms with van der Waals surface area (Å²) < 4.78 is 12.5. The van der Waals surface area contributed by atoms with Crippen LogP contribution in [0.3, 0.4) is 0 Å². The molecule has 0 N–H and O–H groups in total. The minimum atomic E-state index is -0.333. The Kier molecular flexibility index (Phi) is 4.36. The van der Waals surface area contributed by atoms with E-state index in [0.717, 1.165) is 5.76 Å². The zero-order chi connectivity index (χ0) is 20.1. The molecule has 0 aliphatic carbocycles. The molecule has 0 bridgehead atoms. The zero-order valence-electron chi connectivity index (χ0n) is 17.4. The van der Waals surface area contributed by atoms with Crippen molar-refractivity contribution in [3.63, 3.8) is 0 Å². The van der Waals surface area contributed by atoms with Gasteiger partial charge in [0.15, 0.2) is 0 Å². The molecule has 3 heteroatoms. The Morgan fingerprint density at radius 1 is 1.00 bits per heavy atom. The monoisotopic (exact) mass is 385 g/mol. The summed E-state index contributed by atoms with van der Waals surface area (Å²) in [4.78, 5) is 2.43. The molecule has 0 amide bonds. The van der Waals surface area contributed by atoms with Crippen LogP contribution in [0.25, 0.3) is 5.57 Å². The molecule has 0 aromatic heterocycles. The smallest absolute Gasteiger partial charge is 0.224 e. The molecule has 0 saturated heterocycles. The van der Waals surface area contributed by atoms with E-state index in [1.54, 1.807) is 0 Å². The summed E-state index contributed by atoms with van der Waals surface area (Å²) in [6, 6.07) is 15.4. The first kappa shape index (κ1) is 18.3. The van der Waals surface area contributed by atoms with Crippen LogP contribution in [0.4, 0.5) is 0 Å². The minimum absolute atomic E-state index is 0.0189.